The summed E-state index contributed by atoms with van der Waals surface area (Å²) in [6.45, 7) is -0.609. The molecule has 1 N–H and O–H groups in total. The third-order valence-electron chi connectivity index (χ3n) is 2.53. The topological polar surface area (TPSA) is 68.5 Å². The van der Waals surface area contributed by atoms with Crippen molar-refractivity contribution in [1.29, 1.82) is 0 Å². The van der Waals surface area contributed by atoms with Crippen LogP contribution in [0.1, 0.15) is 5.76 Å². The SMILES string of the molecule is O=C(COC(=O)C=Cc1ccc(Br)o1)Nc1ccc(F)cc1F. The van der Waals surface area contributed by atoms with Gasteiger partial charge >= 0.3 is 5.97 Å². The number of hydrogen-bond donors (Lipinski definition) is 1. The zero-order valence-electron chi connectivity index (χ0n) is 11.5. The number of ether oxygens (including phenoxy) is 1. The van der Waals surface area contributed by atoms with Crippen molar-refractivity contribution in [3.63, 3.8) is 0 Å². The summed E-state index contributed by atoms with van der Waals surface area (Å²) >= 11 is 3.11. The number of carbonyl (C=O) groups is 2. The molecule has 0 bridgehead atoms. The zero-order chi connectivity index (χ0) is 16.8. The highest BCUT2D eigenvalue weighted by Crippen LogP contribution is 2.15. The Kier molecular flexibility index (Phi) is 5.64. The Morgan fingerprint density at radius 3 is 2.70 bits per heavy atom. The van der Waals surface area contributed by atoms with Gasteiger partial charge in [0.1, 0.15) is 17.4 Å². The third kappa shape index (κ3) is 5.33. The van der Waals surface area contributed by atoms with Gasteiger partial charge in [0.05, 0.1) is 5.69 Å². The van der Waals surface area contributed by atoms with E-state index in [2.05, 4.69) is 26.0 Å². The summed E-state index contributed by atoms with van der Waals surface area (Å²) in [7, 11) is 0. The minimum Gasteiger partial charge on any atom is -0.452 e. The van der Waals surface area contributed by atoms with Crippen LogP contribution in [0.5, 0.6) is 0 Å². The highest BCUT2D eigenvalue weighted by molar-refractivity contribution is 9.10. The molecule has 0 spiro atoms. The van der Waals surface area contributed by atoms with E-state index in [4.69, 9.17) is 4.42 Å². The van der Waals surface area contributed by atoms with Gasteiger partial charge in [0.15, 0.2) is 11.3 Å². The molecule has 0 radical (unpaired) electrons. The Balaban J connectivity index is 1.81. The van der Waals surface area contributed by atoms with Gasteiger partial charge in [-0.3, -0.25) is 4.79 Å². The number of anilines is 1. The highest BCUT2D eigenvalue weighted by Gasteiger charge is 2.09. The zero-order valence-corrected chi connectivity index (χ0v) is 13.1. The van der Waals surface area contributed by atoms with Crippen molar-refractivity contribution >= 4 is 39.6 Å². The number of nitrogens with one attached hydrogen (secondary N) is 1. The summed E-state index contributed by atoms with van der Waals surface area (Å²) in [5.41, 5.74) is -0.205. The largest absolute Gasteiger partial charge is 0.452 e. The Bertz CT molecular complexity index is 758. The molecule has 0 saturated carbocycles. The Labute approximate surface area is 138 Å². The van der Waals surface area contributed by atoms with E-state index < -0.39 is 30.1 Å². The minimum absolute atomic E-state index is 0.205. The molecule has 1 aromatic heterocycles. The van der Waals surface area contributed by atoms with Gasteiger partial charge in [-0.15, -0.1) is 0 Å². The van der Waals surface area contributed by atoms with Gasteiger partial charge in [0, 0.05) is 12.1 Å². The molecule has 1 amide bonds. The quantitative estimate of drug-likeness (QED) is 0.631. The molecule has 120 valence electrons. The summed E-state index contributed by atoms with van der Waals surface area (Å²) in [4.78, 5) is 23.0. The van der Waals surface area contributed by atoms with Crippen LogP contribution in [0.15, 0.2) is 45.5 Å². The van der Waals surface area contributed by atoms with Gasteiger partial charge in [0.25, 0.3) is 5.91 Å². The lowest BCUT2D eigenvalue weighted by Gasteiger charge is -2.06. The van der Waals surface area contributed by atoms with E-state index in [0.717, 1.165) is 18.2 Å². The van der Waals surface area contributed by atoms with Gasteiger partial charge < -0.3 is 14.5 Å². The molecule has 5 nitrogen and oxygen atoms in total. The van der Waals surface area contributed by atoms with E-state index in [0.29, 0.717) is 16.5 Å². The Morgan fingerprint density at radius 1 is 1.26 bits per heavy atom. The van der Waals surface area contributed by atoms with E-state index >= 15 is 0 Å². The average Bonchev–Trinajstić information content (AvgIpc) is 2.91. The molecular formula is C15H10BrF2NO4. The molecule has 1 heterocycles. The summed E-state index contributed by atoms with van der Waals surface area (Å²) in [5.74, 6) is -2.79. The molecule has 0 unspecified atom stereocenters. The maximum absolute atomic E-state index is 13.3. The van der Waals surface area contributed by atoms with Crippen LogP contribution in [0.4, 0.5) is 14.5 Å². The molecule has 0 aliphatic rings. The summed E-state index contributed by atoms with van der Waals surface area (Å²) in [5, 5.41) is 2.16. The second-order valence-electron chi connectivity index (χ2n) is 4.26. The number of hydrogen-bond acceptors (Lipinski definition) is 4. The molecule has 8 heteroatoms. The van der Waals surface area contributed by atoms with Crippen LogP contribution in [-0.4, -0.2) is 18.5 Å². The lowest BCUT2D eigenvalue weighted by Crippen LogP contribution is -2.20. The number of benzene rings is 1. The van der Waals surface area contributed by atoms with Crippen LogP contribution < -0.4 is 5.32 Å². The molecule has 0 fully saturated rings. The van der Waals surface area contributed by atoms with Crippen molar-refractivity contribution in [1.82, 2.24) is 0 Å². The van der Waals surface area contributed by atoms with Crippen molar-refractivity contribution in [2.24, 2.45) is 0 Å². The van der Waals surface area contributed by atoms with Gasteiger partial charge in [-0.1, -0.05) is 0 Å². The average molecular weight is 386 g/mol. The fraction of sp³-hybridized carbons (Fsp3) is 0.0667. The molecule has 1 aromatic carbocycles. The second-order valence-corrected chi connectivity index (χ2v) is 5.04. The van der Waals surface area contributed by atoms with Crippen LogP contribution in [0.25, 0.3) is 6.08 Å². The van der Waals surface area contributed by atoms with Crippen molar-refractivity contribution in [2.45, 2.75) is 0 Å². The smallest absolute Gasteiger partial charge is 0.331 e. The first-order valence-electron chi connectivity index (χ1n) is 6.29. The predicted molar refractivity (Wildman–Crippen MR) is 81.4 cm³/mol. The van der Waals surface area contributed by atoms with Crippen LogP contribution in [0.3, 0.4) is 0 Å². The number of amides is 1. The maximum atomic E-state index is 13.3. The lowest BCUT2D eigenvalue weighted by molar-refractivity contribution is -0.142. The first-order chi connectivity index (χ1) is 10.9. The van der Waals surface area contributed by atoms with Crippen LogP contribution in [-0.2, 0) is 14.3 Å². The molecule has 2 rings (SSSR count). The third-order valence-corrected chi connectivity index (χ3v) is 2.95. The van der Waals surface area contributed by atoms with Gasteiger partial charge in [-0.05, 0) is 46.3 Å². The molecule has 23 heavy (non-hydrogen) atoms. The molecular weight excluding hydrogens is 376 g/mol. The highest BCUT2D eigenvalue weighted by atomic mass is 79.9. The number of rotatable bonds is 5. The monoisotopic (exact) mass is 385 g/mol. The number of esters is 1. The van der Waals surface area contributed by atoms with E-state index in [9.17, 15) is 18.4 Å². The molecule has 2 aromatic rings. The fourth-order valence-electron chi connectivity index (χ4n) is 1.53. The van der Waals surface area contributed by atoms with Crippen LogP contribution in [0, 0.1) is 11.6 Å². The first kappa shape index (κ1) is 16.9. The number of carbonyl (C=O) groups excluding carboxylic acids is 2. The van der Waals surface area contributed by atoms with E-state index in [-0.39, 0.29) is 5.69 Å². The first-order valence-corrected chi connectivity index (χ1v) is 7.08. The minimum atomic E-state index is -0.923. The van der Waals surface area contributed by atoms with Crippen molar-refractivity contribution in [3.8, 4) is 0 Å². The Hall–Kier alpha value is -2.48. The molecule has 0 saturated heterocycles. The summed E-state index contributed by atoms with van der Waals surface area (Å²) in [6, 6.07) is 5.97. The van der Waals surface area contributed by atoms with Crippen LogP contribution >= 0.6 is 15.9 Å². The van der Waals surface area contributed by atoms with Gasteiger partial charge in [-0.2, -0.15) is 0 Å². The van der Waals surface area contributed by atoms with Crippen molar-refractivity contribution < 1.29 is 27.5 Å². The summed E-state index contributed by atoms with van der Waals surface area (Å²) < 4.78 is 36.4. The van der Waals surface area contributed by atoms with E-state index in [1.807, 2.05) is 0 Å². The van der Waals surface area contributed by atoms with E-state index in [1.165, 1.54) is 6.08 Å². The summed E-state index contributed by atoms with van der Waals surface area (Å²) in [6.07, 6.45) is 2.45. The fourth-order valence-corrected chi connectivity index (χ4v) is 1.85. The number of halogens is 3. The van der Waals surface area contributed by atoms with Crippen molar-refractivity contribution in [3.05, 3.63) is 58.5 Å². The van der Waals surface area contributed by atoms with E-state index in [1.54, 1.807) is 12.1 Å². The molecule has 0 aliphatic carbocycles. The van der Waals surface area contributed by atoms with Crippen LogP contribution in [0.2, 0.25) is 0 Å². The van der Waals surface area contributed by atoms with Gasteiger partial charge in [-0.25, -0.2) is 13.6 Å². The maximum Gasteiger partial charge on any atom is 0.331 e. The molecule has 0 atom stereocenters. The normalized spacial score (nSPS) is 10.7. The standard InChI is InChI=1S/C15H10BrF2NO4/c16-13-5-2-10(23-13)3-6-15(21)22-8-14(20)19-12-4-1-9(17)7-11(12)18/h1-7H,8H2,(H,19,20). The Morgan fingerprint density at radius 2 is 2.04 bits per heavy atom. The lowest BCUT2D eigenvalue weighted by atomic mass is 10.3. The number of furan rings is 1. The molecule has 0 aliphatic heterocycles. The second kappa shape index (κ2) is 7.68. The van der Waals surface area contributed by atoms with Crippen molar-refractivity contribution in [2.75, 3.05) is 11.9 Å². The predicted octanol–water partition coefficient (Wildman–Crippen LogP) is 3.52. The van der Waals surface area contributed by atoms with Gasteiger partial charge in [0.2, 0.25) is 0 Å².